The Labute approximate surface area is 77.7 Å². The molecule has 72 valence electrons. The van der Waals surface area contributed by atoms with Crippen molar-refractivity contribution in [2.75, 3.05) is 19.8 Å². The van der Waals surface area contributed by atoms with Gasteiger partial charge < -0.3 is 15.2 Å². The third-order valence-corrected chi connectivity index (χ3v) is 1.39. The van der Waals surface area contributed by atoms with Crippen LogP contribution in [0.3, 0.4) is 0 Å². The number of nitrogens with zero attached hydrogens (tertiary/aromatic N) is 1. The maximum atomic E-state index is 5.31. The Kier molecular flexibility index (Phi) is 4.05. The summed E-state index contributed by atoms with van der Waals surface area (Å²) in [5, 5.41) is 0. The van der Waals surface area contributed by atoms with Crippen LogP contribution in [-0.4, -0.2) is 24.7 Å². The number of rotatable bonds is 5. The molecule has 1 aromatic rings. The van der Waals surface area contributed by atoms with Crippen LogP contribution in [0.4, 0.5) is 0 Å². The van der Waals surface area contributed by atoms with Gasteiger partial charge in [-0.15, -0.1) is 0 Å². The normalized spacial score (nSPS) is 9.69. The molecule has 0 saturated carbocycles. The number of nitrogens with two attached hydrogens (primary N) is 1. The summed E-state index contributed by atoms with van der Waals surface area (Å²) in [7, 11) is 0. The predicted octanol–water partition coefficient (Wildman–Crippen LogP) is 0.818. The van der Waals surface area contributed by atoms with Gasteiger partial charge in [0.1, 0.15) is 6.61 Å². The molecule has 0 aliphatic carbocycles. The second-order valence-corrected chi connectivity index (χ2v) is 2.38. The summed E-state index contributed by atoms with van der Waals surface area (Å²) >= 11 is 0. The van der Waals surface area contributed by atoms with E-state index < -0.39 is 0 Å². The van der Waals surface area contributed by atoms with Crippen molar-refractivity contribution in [3.8, 4) is 11.6 Å². The van der Waals surface area contributed by atoms with Crippen LogP contribution in [0, 0.1) is 0 Å². The van der Waals surface area contributed by atoms with Crippen molar-refractivity contribution in [2.45, 2.75) is 6.92 Å². The number of hydrogen-bond donors (Lipinski definition) is 1. The highest BCUT2D eigenvalue weighted by Crippen LogP contribution is 2.22. The Morgan fingerprint density at radius 1 is 1.46 bits per heavy atom. The predicted molar refractivity (Wildman–Crippen MR) is 50.0 cm³/mol. The molecule has 0 spiro atoms. The zero-order valence-corrected chi connectivity index (χ0v) is 7.69. The van der Waals surface area contributed by atoms with Crippen molar-refractivity contribution in [3.63, 3.8) is 0 Å². The van der Waals surface area contributed by atoms with Gasteiger partial charge in [0.15, 0.2) is 5.75 Å². The fourth-order valence-electron chi connectivity index (χ4n) is 0.905. The van der Waals surface area contributed by atoms with E-state index in [-0.39, 0.29) is 0 Å². The van der Waals surface area contributed by atoms with Crippen molar-refractivity contribution >= 4 is 0 Å². The second-order valence-electron chi connectivity index (χ2n) is 2.38. The highest BCUT2D eigenvalue weighted by molar-refractivity contribution is 5.32. The number of hydrogen-bond acceptors (Lipinski definition) is 4. The molecule has 0 aliphatic heterocycles. The molecule has 13 heavy (non-hydrogen) atoms. The average molecular weight is 182 g/mol. The zero-order valence-electron chi connectivity index (χ0n) is 7.69. The zero-order chi connectivity index (χ0) is 9.52. The van der Waals surface area contributed by atoms with E-state index >= 15 is 0 Å². The largest absolute Gasteiger partial charge is 0.488 e. The van der Waals surface area contributed by atoms with Crippen LogP contribution in [-0.2, 0) is 0 Å². The monoisotopic (exact) mass is 182 g/mol. The second kappa shape index (κ2) is 5.37. The molecule has 0 fully saturated rings. The fraction of sp³-hybridized carbons (Fsp3) is 0.444. The van der Waals surface area contributed by atoms with Crippen molar-refractivity contribution in [2.24, 2.45) is 5.73 Å². The van der Waals surface area contributed by atoms with E-state index in [1.807, 2.05) is 13.0 Å². The standard InChI is InChI=1S/C9H14N2O2/c1-2-12-8-4-3-6-11-9(8)13-7-5-10/h3-4,6H,2,5,7,10H2,1H3. The molecular formula is C9H14N2O2. The Bertz CT molecular complexity index is 253. The van der Waals surface area contributed by atoms with Gasteiger partial charge in [-0.25, -0.2) is 4.98 Å². The lowest BCUT2D eigenvalue weighted by Crippen LogP contribution is -2.12. The smallest absolute Gasteiger partial charge is 0.257 e. The molecule has 0 aliphatic rings. The fourth-order valence-corrected chi connectivity index (χ4v) is 0.905. The van der Waals surface area contributed by atoms with Crippen LogP contribution in [0.15, 0.2) is 18.3 Å². The maximum Gasteiger partial charge on any atom is 0.257 e. The molecule has 0 aromatic carbocycles. The summed E-state index contributed by atoms with van der Waals surface area (Å²) in [6, 6.07) is 3.63. The van der Waals surface area contributed by atoms with Crippen molar-refractivity contribution in [1.82, 2.24) is 4.98 Å². The van der Waals surface area contributed by atoms with Gasteiger partial charge in [0.05, 0.1) is 6.61 Å². The Morgan fingerprint density at radius 2 is 2.31 bits per heavy atom. The van der Waals surface area contributed by atoms with Crippen LogP contribution in [0.2, 0.25) is 0 Å². The maximum absolute atomic E-state index is 5.31. The quantitative estimate of drug-likeness (QED) is 0.732. The van der Waals surface area contributed by atoms with Crippen LogP contribution < -0.4 is 15.2 Å². The van der Waals surface area contributed by atoms with Gasteiger partial charge in [-0.05, 0) is 19.1 Å². The van der Waals surface area contributed by atoms with E-state index in [1.165, 1.54) is 0 Å². The SMILES string of the molecule is CCOc1cccnc1OCCN. The molecule has 0 saturated heterocycles. The van der Waals surface area contributed by atoms with Crippen molar-refractivity contribution in [3.05, 3.63) is 18.3 Å². The molecule has 2 N–H and O–H groups in total. The summed E-state index contributed by atoms with van der Waals surface area (Å²) in [4.78, 5) is 4.03. The first-order valence-electron chi connectivity index (χ1n) is 4.29. The van der Waals surface area contributed by atoms with Gasteiger partial charge in [0.2, 0.25) is 0 Å². The average Bonchev–Trinajstić information content (AvgIpc) is 2.17. The van der Waals surface area contributed by atoms with E-state index in [0.29, 0.717) is 31.4 Å². The molecule has 0 unspecified atom stereocenters. The first-order chi connectivity index (χ1) is 6.38. The lowest BCUT2D eigenvalue weighted by molar-refractivity contribution is 0.272. The van der Waals surface area contributed by atoms with Gasteiger partial charge in [-0.3, -0.25) is 0 Å². The highest BCUT2D eigenvalue weighted by Gasteiger charge is 2.03. The van der Waals surface area contributed by atoms with Crippen molar-refractivity contribution < 1.29 is 9.47 Å². The first-order valence-corrected chi connectivity index (χ1v) is 4.29. The third kappa shape index (κ3) is 2.91. The van der Waals surface area contributed by atoms with E-state index in [9.17, 15) is 0 Å². The summed E-state index contributed by atoms with van der Waals surface area (Å²) in [6.07, 6.45) is 1.66. The Balaban J connectivity index is 2.66. The number of pyridine rings is 1. The van der Waals surface area contributed by atoms with E-state index in [2.05, 4.69) is 4.98 Å². The van der Waals surface area contributed by atoms with Gasteiger partial charge in [0.25, 0.3) is 5.88 Å². The number of ether oxygens (including phenoxy) is 2. The van der Waals surface area contributed by atoms with Crippen LogP contribution in [0.25, 0.3) is 0 Å². The summed E-state index contributed by atoms with van der Waals surface area (Å²) in [6.45, 7) is 3.45. The van der Waals surface area contributed by atoms with Crippen molar-refractivity contribution in [1.29, 1.82) is 0 Å². The highest BCUT2D eigenvalue weighted by atomic mass is 16.5. The Morgan fingerprint density at radius 3 is 3.00 bits per heavy atom. The van der Waals surface area contributed by atoms with Gasteiger partial charge in [-0.2, -0.15) is 0 Å². The lowest BCUT2D eigenvalue weighted by Gasteiger charge is -2.08. The molecule has 1 aromatic heterocycles. The molecule has 1 rings (SSSR count). The lowest BCUT2D eigenvalue weighted by atomic mass is 10.4. The van der Waals surface area contributed by atoms with Crippen LogP contribution >= 0.6 is 0 Å². The minimum absolute atomic E-state index is 0.455. The molecule has 0 bridgehead atoms. The Hall–Kier alpha value is -1.29. The van der Waals surface area contributed by atoms with Crippen LogP contribution in [0.1, 0.15) is 6.92 Å². The molecular weight excluding hydrogens is 168 g/mol. The molecule has 4 heteroatoms. The van der Waals surface area contributed by atoms with Crippen LogP contribution in [0.5, 0.6) is 11.6 Å². The molecule has 0 amide bonds. The number of aromatic nitrogens is 1. The molecule has 1 heterocycles. The summed E-state index contributed by atoms with van der Waals surface area (Å²) < 4.78 is 10.6. The van der Waals surface area contributed by atoms with Gasteiger partial charge in [0, 0.05) is 12.7 Å². The molecule has 0 radical (unpaired) electrons. The van der Waals surface area contributed by atoms with Gasteiger partial charge >= 0.3 is 0 Å². The van der Waals surface area contributed by atoms with E-state index in [4.69, 9.17) is 15.2 Å². The third-order valence-electron chi connectivity index (χ3n) is 1.39. The summed E-state index contributed by atoms with van der Waals surface area (Å²) in [5.41, 5.74) is 5.31. The van der Waals surface area contributed by atoms with E-state index in [0.717, 1.165) is 0 Å². The first kappa shape index (κ1) is 9.80. The minimum atomic E-state index is 0.455. The molecule has 4 nitrogen and oxygen atoms in total. The minimum Gasteiger partial charge on any atom is -0.488 e. The van der Waals surface area contributed by atoms with E-state index in [1.54, 1.807) is 12.3 Å². The van der Waals surface area contributed by atoms with Gasteiger partial charge in [-0.1, -0.05) is 0 Å². The summed E-state index contributed by atoms with van der Waals surface area (Å²) in [5.74, 6) is 1.17. The molecule has 0 atom stereocenters. The topological polar surface area (TPSA) is 57.4 Å².